The number of rotatable bonds is 8. The number of nitrogens with one attached hydrogen (secondary N) is 1. The summed E-state index contributed by atoms with van der Waals surface area (Å²) in [5.41, 5.74) is -0.397. The Balaban J connectivity index is 1.58. The fraction of sp³-hybridized carbons (Fsp3) is 0.385. The minimum absolute atomic E-state index is 0.0366. The number of β-lactam (4-membered cyclic amide) rings is 1. The summed E-state index contributed by atoms with van der Waals surface area (Å²) in [6.07, 6.45) is -3.00. The fourth-order valence-electron chi connectivity index (χ4n) is 4.20. The number of carbonyl (C=O) groups excluding carboxylic acids is 2. The molecule has 0 unspecified atom stereocenters. The van der Waals surface area contributed by atoms with Crippen molar-refractivity contribution in [1.82, 2.24) is 25.2 Å². The SMILES string of the molecule is CC(C)(C)NC(=O)[C@]1(c2cnn(CCc3ccc(F)cc3)n2)CC(=O)N1Cc1ccc(OC(F)(F)F)cc1. The maximum Gasteiger partial charge on any atom is 0.573 e. The predicted octanol–water partition coefficient (Wildman–Crippen LogP) is 4.10. The molecular formula is C26H27F4N5O3. The lowest BCUT2D eigenvalue weighted by molar-refractivity contribution is -0.274. The van der Waals surface area contributed by atoms with Crippen molar-refractivity contribution in [3.8, 4) is 5.75 Å². The number of nitrogens with zero attached hydrogens (tertiary/aromatic N) is 4. The van der Waals surface area contributed by atoms with Gasteiger partial charge in [0, 0.05) is 12.1 Å². The average molecular weight is 534 g/mol. The van der Waals surface area contributed by atoms with E-state index in [1.807, 2.05) is 20.8 Å². The summed E-state index contributed by atoms with van der Waals surface area (Å²) in [6, 6.07) is 11.2. The summed E-state index contributed by atoms with van der Waals surface area (Å²) in [7, 11) is 0. The van der Waals surface area contributed by atoms with Crippen LogP contribution in [0.2, 0.25) is 0 Å². The monoisotopic (exact) mass is 533 g/mol. The van der Waals surface area contributed by atoms with Gasteiger partial charge in [-0.2, -0.15) is 15.0 Å². The van der Waals surface area contributed by atoms with Crippen LogP contribution in [-0.4, -0.2) is 43.6 Å². The molecule has 1 aromatic heterocycles. The van der Waals surface area contributed by atoms with Gasteiger partial charge in [0.25, 0.3) is 5.91 Å². The number of alkyl halides is 3. The highest BCUT2D eigenvalue weighted by Crippen LogP contribution is 2.42. The second-order valence-corrected chi connectivity index (χ2v) is 10.1. The maximum atomic E-state index is 13.6. The normalized spacial score (nSPS) is 17.8. The number of hydrogen-bond acceptors (Lipinski definition) is 5. The number of ether oxygens (including phenoxy) is 1. The molecule has 2 heterocycles. The molecule has 2 amide bonds. The van der Waals surface area contributed by atoms with E-state index in [0.717, 1.165) is 17.7 Å². The second-order valence-electron chi connectivity index (χ2n) is 10.1. The van der Waals surface area contributed by atoms with Crippen LogP contribution in [0.4, 0.5) is 17.6 Å². The summed E-state index contributed by atoms with van der Waals surface area (Å²) < 4.78 is 54.6. The van der Waals surface area contributed by atoms with E-state index in [2.05, 4.69) is 20.3 Å². The molecule has 1 N–H and O–H groups in total. The summed E-state index contributed by atoms with van der Waals surface area (Å²) in [5.74, 6) is -1.48. The molecule has 2 aromatic carbocycles. The molecule has 0 aliphatic carbocycles. The van der Waals surface area contributed by atoms with E-state index < -0.39 is 29.1 Å². The standard InChI is InChI=1S/C26H27F4N5O3/c1-24(2,3)32-23(37)25(21-15-31-35(33-21)13-12-17-4-8-19(27)9-5-17)14-22(36)34(25)16-18-6-10-20(11-7-18)38-26(28,29)30/h4-11,15H,12-14,16H2,1-3H3,(H,32,37)/t25-/m1/s1. The zero-order valence-corrected chi connectivity index (χ0v) is 21.1. The van der Waals surface area contributed by atoms with Crippen LogP contribution < -0.4 is 10.1 Å². The smallest absolute Gasteiger partial charge is 0.406 e. The largest absolute Gasteiger partial charge is 0.573 e. The van der Waals surface area contributed by atoms with Gasteiger partial charge in [-0.1, -0.05) is 24.3 Å². The minimum atomic E-state index is -4.82. The summed E-state index contributed by atoms with van der Waals surface area (Å²) in [6.45, 7) is 5.75. The molecule has 0 saturated carbocycles. The van der Waals surface area contributed by atoms with E-state index in [1.165, 1.54) is 40.2 Å². The Labute approximate surface area is 216 Å². The van der Waals surface area contributed by atoms with E-state index in [1.54, 1.807) is 12.1 Å². The van der Waals surface area contributed by atoms with Gasteiger partial charge in [-0.05, 0) is 62.6 Å². The Hall–Kier alpha value is -3.96. The van der Waals surface area contributed by atoms with Crippen molar-refractivity contribution in [3.63, 3.8) is 0 Å². The van der Waals surface area contributed by atoms with Gasteiger partial charge in [0.1, 0.15) is 17.3 Å². The minimum Gasteiger partial charge on any atom is -0.406 e. The quantitative estimate of drug-likeness (QED) is 0.348. The molecule has 1 aliphatic heterocycles. The van der Waals surface area contributed by atoms with E-state index in [0.29, 0.717) is 18.5 Å². The van der Waals surface area contributed by atoms with Crippen molar-refractivity contribution in [3.05, 3.63) is 77.4 Å². The van der Waals surface area contributed by atoms with Crippen LogP contribution in [-0.2, 0) is 34.6 Å². The van der Waals surface area contributed by atoms with Crippen molar-refractivity contribution < 1.29 is 31.9 Å². The molecule has 12 heteroatoms. The second kappa shape index (κ2) is 10.1. The van der Waals surface area contributed by atoms with Crippen LogP contribution >= 0.6 is 0 Å². The lowest BCUT2D eigenvalue weighted by Crippen LogP contribution is -2.69. The van der Waals surface area contributed by atoms with Crippen LogP contribution in [0.25, 0.3) is 0 Å². The molecule has 202 valence electrons. The highest BCUT2D eigenvalue weighted by atomic mass is 19.4. The van der Waals surface area contributed by atoms with Crippen LogP contribution in [0, 0.1) is 5.82 Å². The van der Waals surface area contributed by atoms with Crippen LogP contribution in [0.1, 0.15) is 44.0 Å². The van der Waals surface area contributed by atoms with Crippen LogP contribution in [0.15, 0.2) is 54.7 Å². The number of benzene rings is 2. The maximum absolute atomic E-state index is 13.6. The Morgan fingerprint density at radius 3 is 2.26 bits per heavy atom. The third-order valence-corrected chi connectivity index (χ3v) is 6.00. The fourth-order valence-corrected chi connectivity index (χ4v) is 4.20. The number of aryl methyl sites for hydroxylation is 2. The molecule has 1 saturated heterocycles. The first-order chi connectivity index (χ1) is 17.7. The first-order valence-corrected chi connectivity index (χ1v) is 11.9. The Kier molecular flexibility index (Phi) is 7.18. The van der Waals surface area contributed by atoms with Crippen molar-refractivity contribution >= 4 is 11.8 Å². The van der Waals surface area contributed by atoms with Gasteiger partial charge in [-0.25, -0.2) is 4.39 Å². The van der Waals surface area contributed by atoms with Crippen molar-refractivity contribution in [1.29, 1.82) is 0 Å². The Morgan fingerprint density at radius 2 is 1.68 bits per heavy atom. The molecular weight excluding hydrogens is 506 g/mol. The highest BCUT2D eigenvalue weighted by molar-refractivity contribution is 6.01. The highest BCUT2D eigenvalue weighted by Gasteiger charge is 2.60. The first-order valence-electron chi connectivity index (χ1n) is 11.9. The molecule has 0 radical (unpaired) electrons. The van der Waals surface area contributed by atoms with E-state index >= 15 is 0 Å². The van der Waals surface area contributed by atoms with Crippen molar-refractivity contribution in [2.45, 2.75) is 64.1 Å². The molecule has 0 spiro atoms. The van der Waals surface area contributed by atoms with Gasteiger partial charge in [0.2, 0.25) is 5.91 Å². The summed E-state index contributed by atoms with van der Waals surface area (Å²) in [4.78, 5) is 29.1. The molecule has 1 fully saturated rings. The predicted molar refractivity (Wildman–Crippen MR) is 128 cm³/mol. The number of hydrogen-bond donors (Lipinski definition) is 1. The molecule has 4 rings (SSSR count). The van der Waals surface area contributed by atoms with Gasteiger partial charge >= 0.3 is 6.36 Å². The van der Waals surface area contributed by atoms with E-state index in [-0.39, 0.29) is 30.4 Å². The van der Waals surface area contributed by atoms with Gasteiger partial charge in [-0.15, -0.1) is 13.2 Å². The lowest BCUT2D eigenvalue weighted by Gasteiger charge is -2.50. The molecule has 1 atom stereocenters. The number of aromatic nitrogens is 3. The van der Waals surface area contributed by atoms with Gasteiger partial charge in [0.05, 0.1) is 19.2 Å². The Bertz CT molecular complexity index is 1300. The third kappa shape index (κ3) is 6.12. The van der Waals surface area contributed by atoms with Crippen molar-refractivity contribution in [2.24, 2.45) is 0 Å². The molecule has 3 aromatic rings. The molecule has 38 heavy (non-hydrogen) atoms. The zero-order chi connectivity index (χ0) is 27.7. The first kappa shape index (κ1) is 27.1. The molecule has 1 aliphatic rings. The van der Waals surface area contributed by atoms with Crippen LogP contribution in [0.5, 0.6) is 5.75 Å². The molecule has 8 nitrogen and oxygen atoms in total. The number of carbonyl (C=O) groups is 2. The van der Waals surface area contributed by atoms with Gasteiger partial charge < -0.3 is 15.0 Å². The van der Waals surface area contributed by atoms with E-state index in [4.69, 9.17) is 0 Å². The molecule has 0 bridgehead atoms. The van der Waals surface area contributed by atoms with Crippen molar-refractivity contribution in [2.75, 3.05) is 0 Å². The Morgan fingerprint density at radius 1 is 1.05 bits per heavy atom. The van der Waals surface area contributed by atoms with Gasteiger partial charge in [-0.3, -0.25) is 9.59 Å². The van der Waals surface area contributed by atoms with Crippen LogP contribution in [0.3, 0.4) is 0 Å². The summed E-state index contributed by atoms with van der Waals surface area (Å²) >= 11 is 0. The number of amides is 2. The topological polar surface area (TPSA) is 89.3 Å². The van der Waals surface area contributed by atoms with E-state index in [9.17, 15) is 27.2 Å². The zero-order valence-electron chi connectivity index (χ0n) is 21.1. The van der Waals surface area contributed by atoms with Gasteiger partial charge in [0.15, 0.2) is 5.54 Å². The average Bonchev–Trinajstić information content (AvgIpc) is 3.28. The third-order valence-electron chi connectivity index (χ3n) is 6.00. The number of halogens is 4. The lowest BCUT2D eigenvalue weighted by atomic mass is 9.79. The number of likely N-dealkylation sites (tertiary alicyclic amines) is 1. The summed E-state index contributed by atoms with van der Waals surface area (Å²) in [5, 5.41) is 11.7.